The van der Waals surface area contributed by atoms with Gasteiger partial charge in [0, 0.05) is 33.3 Å². The van der Waals surface area contributed by atoms with Gasteiger partial charge in [0.1, 0.15) is 12.2 Å². The van der Waals surface area contributed by atoms with Crippen LogP contribution < -0.4 is 14.5 Å². The minimum atomic E-state index is 0.0790. The summed E-state index contributed by atoms with van der Waals surface area (Å²) < 4.78 is 6.12. The number of hydrogen-bond donors (Lipinski definition) is 0. The number of ether oxygens (including phenoxy) is 1. The predicted molar refractivity (Wildman–Crippen MR) is 86.6 cm³/mol. The molecule has 0 aromatic carbocycles. The highest BCUT2D eigenvalue weighted by molar-refractivity contribution is 5.51. The molecule has 0 saturated carbocycles. The minimum absolute atomic E-state index is 0.0790. The van der Waals surface area contributed by atoms with E-state index in [2.05, 4.69) is 20.1 Å². The van der Waals surface area contributed by atoms with Gasteiger partial charge in [-0.3, -0.25) is 0 Å². The number of pyridine rings is 1. The molecule has 1 atom stereocenters. The van der Waals surface area contributed by atoms with Gasteiger partial charge in [-0.25, -0.2) is 4.98 Å². The van der Waals surface area contributed by atoms with Crippen molar-refractivity contribution in [2.24, 2.45) is 0 Å². The van der Waals surface area contributed by atoms with Crippen LogP contribution in [-0.4, -0.2) is 48.5 Å². The molecule has 1 unspecified atom stereocenters. The summed E-state index contributed by atoms with van der Waals surface area (Å²) in [5.41, 5.74) is 0.326. The first kappa shape index (κ1) is 15.0. The van der Waals surface area contributed by atoms with Gasteiger partial charge >= 0.3 is 0 Å². The molecule has 7 nitrogen and oxygen atoms in total. The zero-order chi connectivity index (χ0) is 16.2. The van der Waals surface area contributed by atoms with Gasteiger partial charge in [0.15, 0.2) is 23.1 Å². The van der Waals surface area contributed by atoms with Crippen molar-refractivity contribution >= 4 is 11.6 Å². The molecule has 7 heteroatoms. The molecule has 0 amide bonds. The molecule has 0 spiro atoms. The van der Waals surface area contributed by atoms with Crippen molar-refractivity contribution < 1.29 is 4.74 Å². The van der Waals surface area contributed by atoms with E-state index < -0.39 is 0 Å². The van der Waals surface area contributed by atoms with Gasteiger partial charge in [0.05, 0.1) is 6.54 Å². The highest BCUT2D eigenvalue weighted by Crippen LogP contribution is 2.27. The van der Waals surface area contributed by atoms with Crippen LogP contribution in [0.2, 0.25) is 0 Å². The van der Waals surface area contributed by atoms with E-state index >= 15 is 0 Å². The number of nitriles is 1. The van der Waals surface area contributed by atoms with E-state index in [1.807, 2.05) is 43.3 Å². The van der Waals surface area contributed by atoms with Gasteiger partial charge in [0.2, 0.25) is 0 Å². The maximum absolute atomic E-state index is 8.77. The van der Waals surface area contributed by atoms with Crippen LogP contribution in [0.15, 0.2) is 30.5 Å². The molecule has 1 aliphatic heterocycles. The number of aromatic nitrogens is 3. The van der Waals surface area contributed by atoms with Crippen molar-refractivity contribution in [3.05, 3.63) is 36.2 Å². The minimum Gasteiger partial charge on any atom is -0.485 e. The van der Waals surface area contributed by atoms with Crippen LogP contribution >= 0.6 is 0 Å². The second-order valence-electron chi connectivity index (χ2n) is 5.58. The molecule has 2 aromatic heterocycles. The summed E-state index contributed by atoms with van der Waals surface area (Å²) >= 11 is 0. The molecule has 1 aliphatic rings. The summed E-state index contributed by atoms with van der Waals surface area (Å²) in [6.07, 6.45) is 2.74. The fourth-order valence-electron chi connectivity index (χ4n) is 2.58. The van der Waals surface area contributed by atoms with Crippen LogP contribution in [0.4, 0.5) is 11.6 Å². The number of nitrogens with zero attached hydrogens (tertiary/aromatic N) is 6. The zero-order valence-corrected chi connectivity index (χ0v) is 13.2. The fourth-order valence-corrected chi connectivity index (χ4v) is 2.58. The Morgan fingerprint density at radius 2 is 2.17 bits per heavy atom. The van der Waals surface area contributed by atoms with Gasteiger partial charge in [0.25, 0.3) is 0 Å². The van der Waals surface area contributed by atoms with Crippen LogP contribution in [0.1, 0.15) is 12.1 Å². The first-order chi connectivity index (χ1) is 11.2. The third-order valence-corrected chi connectivity index (χ3v) is 3.70. The first-order valence-corrected chi connectivity index (χ1v) is 7.45. The predicted octanol–water partition coefficient (Wildman–Crippen LogP) is 1.47. The first-order valence-electron chi connectivity index (χ1n) is 7.45. The fraction of sp³-hybridized carbons (Fsp3) is 0.375. The quantitative estimate of drug-likeness (QED) is 0.846. The molecule has 23 heavy (non-hydrogen) atoms. The number of anilines is 2. The third-order valence-electron chi connectivity index (χ3n) is 3.70. The van der Waals surface area contributed by atoms with E-state index in [9.17, 15) is 0 Å². The topological polar surface area (TPSA) is 78.2 Å². The van der Waals surface area contributed by atoms with E-state index in [-0.39, 0.29) is 6.10 Å². The highest BCUT2D eigenvalue weighted by Gasteiger charge is 2.26. The summed E-state index contributed by atoms with van der Waals surface area (Å²) in [5, 5.41) is 16.7. The number of hydrogen-bond acceptors (Lipinski definition) is 7. The SMILES string of the molecule is CN(C)c1ncccc1OC1CCN(c2ccc(C#N)nn2)C1. The second-order valence-corrected chi connectivity index (χ2v) is 5.58. The van der Waals surface area contributed by atoms with Crippen molar-refractivity contribution in [3.63, 3.8) is 0 Å². The summed E-state index contributed by atoms with van der Waals surface area (Å²) in [6.45, 7) is 1.59. The molecule has 1 saturated heterocycles. The standard InChI is InChI=1S/C16H18N6O/c1-21(2)16-14(4-3-8-18-16)23-13-7-9-22(11-13)15-6-5-12(10-17)19-20-15/h3-6,8,13H,7,9,11H2,1-2H3. The molecular formula is C16H18N6O. The van der Waals surface area contributed by atoms with Crippen molar-refractivity contribution in [3.8, 4) is 11.8 Å². The third kappa shape index (κ3) is 3.31. The lowest BCUT2D eigenvalue weighted by molar-refractivity contribution is 0.225. The molecule has 118 valence electrons. The lowest BCUT2D eigenvalue weighted by atomic mass is 10.3. The van der Waals surface area contributed by atoms with Gasteiger partial charge in [-0.1, -0.05) is 0 Å². The van der Waals surface area contributed by atoms with Crippen LogP contribution in [0.5, 0.6) is 5.75 Å². The molecule has 0 bridgehead atoms. The Kier molecular flexibility index (Phi) is 4.24. The van der Waals surface area contributed by atoms with E-state index in [4.69, 9.17) is 10.00 Å². The van der Waals surface area contributed by atoms with E-state index in [0.717, 1.165) is 36.9 Å². The van der Waals surface area contributed by atoms with Crippen molar-refractivity contribution in [2.45, 2.75) is 12.5 Å². The smallest absolute Gasteiger partial charge is 0.170 e. The van der Waals surface area contributed by atoms with E-state index in [1.54, 1.807) is 12.3 Å². The molecule has 0 N–H and O–H groups in total. The lowest BCUT2D eigenvalue weighted by Gasteiger charge is -2.20. The van der Waals surface area contributed by atoms with Crippen LogP contribution in [0.25, 0.3) is 0 Å². The average molecular weight is 310 g/mol. The maximum atomic E-state index is 8.77. The van der Waals surface area contributed by atoms with Gasteiger partial charge in [-0.15, -0.1) is 10.2 Å². The molecule has 2 aromatic rings. The normalized spacial score (nSPS) is 16.9. The van der Waals surface area contributed by atoms with Gasteiger partial charge in [-0.05, 0) is 24.3 Å². The van der Waals surface area contributed by atoms with Gasteiger partial charge in [-0.2, -0.15) is 5.26 Å². The van der Waals surface area contributed by atoms with E-state index in [0.29, 0.717) is 5.69 Å². The summed E-state index contributed by atoms with van der Waals surface area (Å²) in [5.74, 6) is 2.38. The lowest BCUT2D eigenvalue weighted by Crippen LogP contribution is -2.26. The van der Waals surface area contributed by atoms with Crippen molar-refractivity contribution in [1.29, 1.82) is 5.26 Å². The highest BCUT2D eigenvalue weighted by atomic mass is 16.5. The molecule has 0 aliphatic carbocycles. The van der Waals surface area contributed by atoms with Crippen LogP contribution in [0.3, 0.4) is 0 Å². The zero-order valence-electron chi connectivity index (χ0n) is 13.2. The molecule has 1 fully saturated rings. The monoisotopic (exact) mass is 310 g/mol. The van der Waals surface area contributed by atoms with Crippen LogP contribution in [-0.2, 0) is 0 Å². The Balaban J connectivity index is 1.67. The summed E-state index contributed by atoms with van der Waals surface area (Å²) in [7, 11) is 3.89. The summed E-state index contributed by atoms with van der Waals surface area (Å²) in [4.78, 5) is 8.41. The second kappa shape index (κ2) is 6.48. The Morgan fingerprint density at radius 3 is 2.87 bits per heavy atom. The van der Waals surface area contributed by atoms with Crippen molar-refractivity contribution in [2.75, 3.05) is 37.0 Å². The Hall–Kier alpha value is -2.88. The summed E-state index contributed by atoms with van der Waals surface area (Å²) in [6, 6.07) is 9.29. The van der Waals surface area contributed by atoms with Crippen molar-refractivity contribution in [1.82, 2.24) is 15.2 Å². The molecule has 3 rings (SSSR count). The Labute approximate surface area is 135 Å². The molecule has 0 radical (unpaired) electrons. The van der Waals surface area contributed by atoms with Crippen LogP contribution in [0, 0.1) is 11.3 Å². The van der Waals surface area contributed by atoms with E-state index in [1.165, 1.54) is 0 Å². The van der Waals surface area contributed by atoms with Gasteiger partial charge < -0.3 is 14.5 Å². The number of rotatable bonds is 4. The molecule has 3 heterocycles. The Morgan fingerprint density at radius 1 is 1.30 bits per heavy atom. The molecular weight excluding hydrogens is 292 g/mol. The Bertz CT molecular complexity index is 709. The maximum Gasteiger partial charge on any atom is 0.170 e. The largest absolute Gasteiger partial charge is 0.485 e. The average Bonchev–Trinajstić information content (AvgIpc) is 3.04.